The van der Waals surface area contributed by atoms with Crippen molar-refractivity contribution in [2.75, 3.05) is 0 Å². The van der Waals surface area contributed by atoms with Gasteiger partial charge in [-0.05, 0) is 24.3 Å². The van der Waals surface area contributed by atoms with E-state index in [4.69, 9.17) is 4.74 Å². The van der Waals surface area contributed by atoms with Crippen LogP contribution in [0.4, 0.5) is 0 Å². The lowest BCUT2D eigenvalue weighted by atomic mass is 9.91. The number of hydrogen-bond donors (Lipinski definition) is 0. The zero-order valence-electron chi connectivity index (χ0n) is 10.4. The van der Waals surface area contributed by atoms with Crippen LogP contribution in [0.15, 0.2) is 22.6 Å². The van der Waals surface area contributed by atoms with Gasteiger partial charge in [0.2, 0.25) is 11.6 Å². The van der Waals surface area contributed by atoms with Crippen LogP contribution in [0.3, 0.4) is 0 Å². The highest BCUT2D eigenvalue weighted by Crippen LogP contribution is 2.40. The maximum Gasteiger partial charge on any atom is 0.251 e. The van der Waals surface area contributed by atoms with E-state index in [0.717, 1.165) is 30.6 Å². The van der Waals surface area contributed by atoms with Crippen LogP contribution in [0, 0.1) is 0 Å². The molecule has 0 bridgehead atoms. The van der Waals surface area contributed by atoms with Crippen molar-refractivity contribution in [3.8, 4) is 0 Å². The molecule has 0 atom stereocenters. The van der Waals surface area contributed by atoms with Crippen molar-refractivity contribution in [3.63, 3.8) is 0 Å². The van der Waals surface area contributed by atoms with Crippen molar-refractivity contribution in [2.45, 2.75) is 44.8 Å². The van der Waals surface area contributed by atoms with Gasteiger partial charge in [0.05, 0.1) is 4.88 Å². The first kappa shape index (κ1) is 11.7. The third-order valence-electron chi connectivity index (χ3n) is 3.53. The summed E-state index contributed by atoms with van der Waals surface area (Å²) in [6.07, 6.45) is 5.16. The smallest absolute Gasteiger partial charge is 0.251 e. The molecule has 1 amide bonds. The SMILES string of the molecule is CC(=O)N1N=C(c2cccs2)OC12CCCCC2. The van der Waals surface area contributed by atoms with E-state index in [-0.39, 0.29) is 5.91 Å². The van der Waals surface area contributed by atoms with Crippen LogP contribution in [0.5, 0.6) is 0 Å². The Morgan fingerprint density at radius 2 is 2.22 bits per heavy atom. The Balaban J connectivity index is 1.92. The molecule has 0 saturated heterocycles. The molecule has 3 rings (SSSR count). The van der Waals surface area contributed by atoms with E-state index in [1.807, 2.05) is 17.5 Å². The van der Waals surface area contributed by atoms with E-state index in [0.29, 0.717) is 5.90 Å². The number of rotatable bonds is 1. The maximum absolute atomic E-state index is 11.8. The molecule has 1 saturated carbocycles. The molecule has 1 aromatic heterocycles. The predicted octanol–water partition coefficient (Wildman–Crippen LogP) is 2.95. The standard InChI is InChI=1S/C13H16N2O2S/c1-10(16)15-13(7-3-2-4-8-13)17-12(14-15)11-6-5-9-18-11/h5-6,9H,2-4,7-8H2,1H3. The highest BCUT2D eigenvalue weighted by atomic mass is 32.1. The fraction of sp³-hybridized carbons (Fsp3) is 0.538. The highest BCUT2D eigenvalue weighted by molar-refractivity contribution is 7.12. The van der Waals surface area contributed by atoms with E-state index in [1.165, 1.54) is 6.42 Å². The first-order valence-electron chi connectivity index (χ1n) is 6.34. The third kappa shape index (κ3) is 1.82. The summed E-state index contributed by atoms with van der Waals surface area (Å²) in [5.41, 5.74) is -0.511. The quantitative estimate of drug-likeness (QED) is 0.782. The van der Waals surface area contributed by atoms with Crippen LogP contribution in [0.2, 0.25) is 0 Å². The number of amides is 1. The molecule has 96 valence electrons. The predicted molar refractivity (Wildman–Crippen MR) is 70.3 cm³/mol. The van der Waals surface area contributed by atoms with Crippen molar-refractivity contribution < 1.29 is 9.53 Å². The molecule has 18 heavy (non-hydrogen) atoms. The number of thiophene rings is 1. The number of hydrogen-bond acceptors (Lipinski definition) is 4. The van der Waals surface area contributed by atoms with Crippen LogP contribution in [0.1, 0.15) is 43.9 Å². The van der Waals surface area contributed by atoms with E-state index in [1.54, 1.807) is 23.3 Å². The zero-order valence-corrected chi connectivity index (χ0v) is 11.2. The van der Waals surface area contributed by atoms with E-state index in [2.05, 4.69) is 5.10 Å². The fourth-order valence-electron chi connectivity index (χ4n) is 2.70. The lowest BCUT2D eigenvalue weighted by Gasteiger charge is -2.37. The Kier molecular flexibility index (Phi) is 2.86. The van der Waals surface area contributed by atoms with Gasteiger partial charge in [0.15, 0.2) is 0 Å². The second-order valence-corrected chi connectivity index (χ2v) is 5.77. The Bertz CT molecular complexity index is 475. The molecule has 1 fully saturated rings. The summed E-state index contributed by atoms with van der Waals surface area (Å²) in [4.78, 5) is 12.8. The van der Waals surface area contributed by atoms with Gasteiger partial charge in [-0.1, -0.05) is 12.5 Å². The molecule has 2 heterocycles. The monoisotopic (exact) mass is 264 g/mol. The summed E-state index contributed by atoms with van der Waals surface area (Å²) in [5, 5.41) is 7.94. The summed E-state index contributed by atoms with van der Waals surface area (Å²) in [7, 11) is 0. The molecule has 5 heteroatoms. The molecule has 2 aliphatic rings. The molecule has 4 nitrogen and oxygen atoms in total. The van der Waals surface area contributed by atoms with Gasteiger partial charge in [0.25, 0.3) is 5.90 Å². The lowest BCUT2D eigenvalue weighted by Crippen LogP contribution is -2.48. The second-order valence-electron chi connectivity index (χ2n) is 4.82. The number of carbonyl (C=O) groups is 1. The topological polar surface area (TPSA) is 41.9 Å². The van der Waals surface area contributed by atoms with Crippen LogP contribution < -0.4 is 0 Å². The minimum Gasteiger partial charge on any atom is -0.447 e. The van der Waals surface area contributed by atoms with Crippen LogP contribution in [-0.2, 0) is 9.53 Å². The molecule has 0 unspecified atom stereocenters. The summed E-state index contributed by atoms with van der Waals surface area (Å²) in [6.45, 7) is 1.56. The molecule has 0 N–H and O–H groups in total. The molecule has 1 spiro atoms. The first-order chi connectivity index (χ1) is 8.71. The van der Waals surface area contributed by atoms with Crippen LogP contribution in [0.25, 0.3) is 0 Å². The van der Waals surface area contributed by atoms with Crippen molar-refractivity contribution in [2.24, 2.45) is 5.10 Å². The van der Waals surface area contributed by atoms with E-state index >= 15 is 0 Å². The van der Waals surface area contributed by atoms with Crippen molar-refractivity contribution >= 4 is 23.1 Å². The Labute approximate surface area is 110 Å². The van der Waals surface area contributed by atoms with Gasteiger partial charge < -0.3 is 4.74 Å². The largest absolute Gasteiger partial charge is 0.447 e. The molecule has 0 aromatic carbocycles. The number of hydrazone groups is 1. The van der Waals surface area contributed by atoms with Gasteiger partial charge >= 0.3 is 0 Å². The first-order valence-corrected chi connectivity index (χ1v) is 7.22. The van der Waals surface area contributed by atoms with Crippen molar-refractivity contribution in [1.82, 2.24) is 5.01 Å². The average Bonchev–Trinajstić information content (AvgIpc) is 2.97. The third-order valence-corrected chi connectivity index (χ3v) is 4.39. The van der Waals surface area contributed by atoms with Gasteiger partial charge in [-0.2, -0.15) is 5.01 Å². The van der Waals surface area contributed by atoms with Crippen LogP contribution >= 0.6 is 11.3 Å². The highest BCUT2D eigenvalue weighted by Gasteiger charge is 2.47. The zero-order chi connectivity index (χ0) is 12.6. The summed E-state index contributed by atoms with van der Waals surface area (Å²) in [6, 6.07) is 3.94. The average molecular weight is 264 g/mol. The fourth-order valence-corrected chi connectivity index (χ4v) is 3.35. The normalized spacial score (nSPS) is 21.8. The Morgan fingerprint density at radius 3 is 2.83 bits per heavy atom. The number of ether oxygens (including phenoxy) is 1. The number of nitrogens with zero attached hydrogens (tertiary/aromatic N) is 2. The van der Waals surface area contributed by atoms with E-state index < -0.39 is 5.72 Å². The minimum atomic E-state index is -0.511. The lowest BCUT2D eigenvalue weighted by molar-refractivity contribution is -0.151. The van der Waals surface area contributed by atoms with Gasteiger partial charge in [0, 0.05) is 19.8 Å². The second kappa shape index (κ2) is 4.39. The molecule has 1 aliphatic carbocycles. The number of carbonyl (C=O) groups excluding carboxylic acids is 1. The Morgan fingerprint density at radius 1 is 1.44 bits per heavy atom. The summed E-state index contributed by atoms with van der Waals surface area (Å²) >= 11 is 1.59. The van der Waals surface area contributed by atoms with Crippen molar-refractivity contribution in [1.29, 1.82) is 0 Å². The van der Waals surface area contributed by atoms with Gasteiger partial charge in [-0.25, -0.2) is 0 Å². The molecule has 1 aliphatic heterocycles. The molecule has 1 aromatic rings. The van der Waals surface area contributed by atoms with Crippen molar-refractivity contribution in [3.05, 3.63) is 22.4 Å². The van der Waals surface area contributed by atoms with Gasteiger partial charge in [-0.15, -0.1) is 16.4 Å². The van der Waals surface area contributed by atoms with E-state index in [9.17, 15) is 4.79 Å². The molecule has 0 radical (unpaired) electrons. The minimum absolute atomic E-state index is 0.0385. The summed E-state index contributed by atoms with van der Waals surface area (Å²) < 4.78 is 6.07. The van der Waals surface area contributed by atoms with Gasteiger partial charge in [0.1, 0.15) is 0 Å². The maximum atomic E-state index is 11.8. The van der Waals surface area contributed by atoms with Gasteiger partial charge in [-0.3, -0.25) is 4.79 Å². The van der Waals surface area contributed by atoms with Crippen LogP contribution in [-0.4, -0.2) is 22.5 Å². The molecular weight excluding hydrogens is 248 g/mol. The Hall–Kier alpha value is -1.36. The summed E-state index contributed by atoms with van der Waals surface area (Å²) in [5.74, 6) is 0.561. The molecular formula is C13H16N2O2S.